The Hall–Kier alpha value is -3.34. The Balaban J connectivity index is 1.84. The molecule has 0 fully saturated rings. The molecule has 1 atom stereocenters. The number of imidazole rings is 1. The summed E-state index contributed by atoms with van der Waals surface area (Å²) in [6.07, 6.45) is 2.79. The molecule has 3 rings (SSSR count). The maximum Gasteiger partial charge on any atom is 0.322 e. The van der Waals surface area contributed by atoms with Gasteiger partial charge in [0.15, 0.2) is 23.1 Å². The number of esters is 1. The molecule has 2 aromatic heterocycles. The number of nitrogens with zero attached hydrogens (tertiary/aromatic N) is 4. The van der Waals surface area contributed by atoms with Crippen LogP contribution in [0.15, 0.2) is 24.8 Å². The van der Waals surface area contributed by atoms with Gasteiger partial charge in [-0.25, -0.2) is 23.7 Å². The molecule has 0 radical (unpaired) electrons. The summed E-state index contributed by atoms with van der Waals surface area (Å²) in [7, 11) is 1.22. The van der Waals surface area contributed by atoms with Crippen molar-refractivity contribution in [1.82, 2.24) is 19.5 Å². The molecule has 0 saturated carbocycles. The highest BCUT2D eigenvalue weighted by atomic mass is 19.2. The number of hydrogen-bond donors (Lipinski definition) is 2. The average molecular weight is 392 g/mol. The van der Waals surface area contributed by atoms with Crippen molar-refractivity contribution in [2.24, 2.45) is 5.73 Å². The number of carbonyl (C=O) groups is 1. The zero-order valence-electron chi connectivity index (χ0n) is 14.9. The quantitative estimate of drug-likeness (QED) is 0.570. The first-order valence-electron chi connectivity index (χ1n) is 8.26. The van der Waals surface area contributed by atoms with Gasteiger partial charge in [-0.2, -0.15) is 0 Å². The summed E-state index contributed by atoms with van der Waals surface area (Å²) in [5.74, 6) is -2.38. The number of aromatic nitrogens is 4. The van der Waals surface area contributed by atoms with Gasteiger partial charge in [-0.3, -0.25) is 4.79 Å². The van der Waals surface area contributed by atoms with E-state index < -0.39 is 23.6 Å². The van der Waals surface area contributed by atoms with Crippen LogP contribution in [0, 0.1) is 11.6 Å². The van der Waals surface area contributed by atoms with Crippen LogP contribution in [0.1, 0.15) is 12.0 Å². The van der Waals surface area contributed by atoms with E-state index in [-0.39, 0.29) is 36.7 Å². The van der Waals surface area contributed by atoms with E-state index in [0.29, 0.717) is 11.2 Å². The maximum atomic E-state index is 14.5. The van der Waals surface area contributed by atoms with Crippen LogP contribution in [0.3, 0.4) is 0 Å². The second-order valence-corrected chi connectivity index (χ2v) is 5.91. The van der Waals surface area contributed by atoms with Crippen molar-refractivity contribution >= 4 is 23.0 Å². The summed E-state index contributed by atoms with van der Waals surface area (Å²) in [4.78, 5) is 23.4. The molecule has 0 unspecified atom stereocenters. The Bertz CT molecular complexity index is 1010. The van der Waals surface area contributed by atoms with Gasteiger partial charge in [0.2, 0.25) is 0 Å². The van der Waals surface area contributed by atoms with Gasteiger partial charge in [-0.1, -0.05) is 0 Å². The number of hydrogen-bond acceptors (Lipinski definition) is 8. The summed E-state index contributed by atoms with van der Waals surface area (Å²) in [5.41, 5.74) is 12.1. The minimum absolute atomic E-state index is 0.00807. The summed E-state index contributed by atoms with van der Waals surface area (Å²) in [6.45, 7) is -0.0942. The first-order chi connectivity index (χ1) is 13.4. The van der Waals surface area contributed by atoms with E-state index in [1.807, 2.05) is 0 Å². The van der Waals surface area contributed by atoms with Gasteiger partial charge in [-0.15, -0.1) is 0 Å². The molecule has 3 aromatic rings. The van der Waals surface area contributed by atoms with Crippen molar-refractivity contribution in [3.8, 4) is 5.75 Å². The lowest BCUT2D eigenvalue weighted by Crippen LogP contribution is -2.33. The predicted molar refractivity (Wildman–Crippen MR) is 95.3 cm³/mol. The van der Waals surface area contributed by atoms with E-state index in [1.165, 1.54) is 30.4 Å². The molecule has 0 aliphatic rings. The van der Waals surface area contributed by atoms with Crippen LogP contribution in [0.5, 0.6) is 5.75 Å². The first-order valence-corrected chi connectivity index (χ1v) is 8.26. The zero-order valence-corrected chi connectivity index (χ0v) is 14.9. The van der Waals surface area contributed by atoms with Crippen molar-refractivity contribution in [3.05, 3.63) is 42.0 Å². The van der Waals surface area contributed by atoms with Gasteiger partial charge in [0.25, 0.3) is 0 Å². The van der Waals surface area contributed by atoms with Crippen molar-refractivity contribution < 1.29 is 23.0 Å². The van der Waals surface area contributed by atoms with Gasteiger partial charge < -0.3 is 25.5 Å². The van der Waals surface area contributed by atoms with Gasteiger partial charge in [0, 0.05) is 6.42 Å². The Morgan fingerprint density at radius 3 is 2.82 bits per heavy atom. The number of nitrogen functional groups attached to an aromatic ring is 1. The fourth-order valence-corrected chi connectivity index (χ4v) is 2.61. The first kappa shape index (κ1) is 19.4. The number of fused-ring (bicyclic) bond motifs is 1. The molecule has 0 aliphatic heterocycles. The third kappa shape index (κ3) is 3.83. The molecule has 9 nitrogen and oxygen atoms in total. The van der Waals surface area contributed by atoms with E-state index >= 15 is 0 Å². The summed E-state index contributed by atoms with van der Waals surface area (Å²) in [5, 5.41) is 0. The van der Waals surface area contributed by atoms with Crippen LogP contribution >= 0.6 is 0 Å². The normalized spacial score (nSPS) is 12.1. The van der Waals surface area contributed by atoms with Gasteiger partial charge in [-0.05, 0) is 12.1 Å². The number of carbonyl (C=O) groups excluding carboxylic acids is 1. The molecule has 0 amide bonds. The number of benzene rings is 1. The third-order valence-corrected chi connectivity index (χ3v) is 4.10. The largest absolute Gasteiger partial charge is 0.493 e. The summed E-state index contributed by atoms with van der Waals surface area (Å²) < 4.78 is 39.8. The van der Waals surface area contributed by atoms with Crippen molar-refractivity contribution in [1.29, 1.82) is 0 Å². The van der Waals surface area contributed by atoms with E-state index in [9.17, 15) is 13.6 Å². The topological polar surface area (TPSA) is 131 Å². The second kappa shape index (κ2) is 8.13. The van der Waals surface area contributed by atoms with Crippen molar-refractivity contribution in [2.75, 3.05) is 19.5 Å². The highest BCUT2D eigenvalue weighted by Gasteiger charge is 2.19. The number of nitrogens with two attached hydrogens (primary N) is 2. The molecular weight excluding hydrogens is 374 g/mol. The van der Waals surface area contributed by atoms with Crippen LogP contribution in [0.4, 0.5) is 14.6 Å². The number of ether oxygens (including phenoxy) is 2. The van der Waals surface area contributed by atoms with Crippen molar-refractivity contribution in [3.63, 3.8) is 0 Å². The SMILES string of the molecule is COC(=O)[C@@H](N)CCOc1ccc(F)c(F)c1Cn1cnc2c(N)ncnc21. The minimum atomic E-state index is -1.06. The average Bonchev–Trinajstić information content (AvgIpc) is 3.10. The molecule has 28 heavy (non-hydrogen) atoms. The molecule has 2 heterocycles. The van der Waals surface area contributed by atoms with Gasteiger partial charge in [0.05, 0.1) is 32.2 Å². The highest BCUT2D eigenvalue weighted by molar-refractivity contribution is 5.81. The lowest BCUT2D eigenvalue weighted by atomic mass is 10.1. The number of halogens is 2. The second-order valence-electron chi connectivity index (χ2n) is 5.91. The molecule has 1 aromatic carbocycles. The van der Waals surface area contributed by atoms with Crippen LogP contribution in [-0.4, -0.2) is 45.2 Å². The van der Waals surface area contributed by atoms with Gasteiger partial charge in [0.1, 0.15) is 23.6 Å². The minimum Gasteiger partial charge on any atom is -0.493 e. The number of methoxy groups -OCH3 is 1. The monoisotopic (exact) mass is 392 g/mol. The predicted octanol–water partition coefficient (Wildman–Crippen LogP) is 1.00. The molecule has 0 saturated heterocycles. The Labute approximate surface area is 158 Å². The van der Waals surface area contributed by atoms with Crippen LogP contribution < -0.4 is 16.2 Å². The maximum absolute atomic E-state index is 14.5. The molecular formula is C17H18F2N6O3. The van der Waals surface area contributed by atoms with Crippen LogP contribution in [-0.2, 0) is 16.1 Å². The Morgan fingerprint density at radius 2 is 2.07 bits per heavy atom. The molecule has 4 N–H and O–H groups in total. The number of anilines is 1. The Morgan fingerprint density at radius 1 is 1.29 bits per heavy atom. The van der Waals surface area contributed by atoms with E-state index in [1.54, 1.807) is 0 Å². The van der Waals surface area contributed by atoms with Gasteiger partial charge >= 0.3 is 5.97 Å². The molecule has 11 heteroatoms. The fraction of sp³-hybridized carbons (Fsp3) is 0.294. The van der Waals surface area contributed by atoms with Crippen LogP contribution in [0.25, 0.3) is 11.2 Å². The standard InChI is InChI=1S/C17H18F2N6O3/c1-27-17(26)11(20)4-5-28-12-3-2-10(18)13(19)9(12)6-25-8-24-14-15(21)22-7-23-16(14)25/h2-3,7-8,11H,4-6,20H2,1H3,(H2,21,22,23)/t11-/m0/s1. The lowest BCUT2D eigenvalue weighted by molar-refractivity contribution is -0.142. The smallest absolute Gasteiger partial charge is 0.322 e. The van der Waals surface area contributed by atoms with Crippen LogP contribution in [0.2, 0.25) is 0 Å². The molecule has 0 bridgehead atoms. The lowest BCUT2D eigenvalue weighted by Gasteiger charge is -2.15. The zero-order chi connectivity index (χ0) is 20.3. The third-order valence-electron chi connectivity index (χ3n) is 4.10. The van der Waals surface area contributed by atoms with Crippen molar-refractivity contribution in [2.45, 2.75) is 19.0 Å². The summed E-state index contributed by atoms with van der Waals surface area (Å²) >= 11 is 0. The van der Waals surface area contributed by atoms with E-state index in [2.05, 4.69) is 19.7 Å². The van der Waals surface area contributed by atoms with E-state index in [4.69, 9.17) is 16.2 Å². The molecule has 0 aliphatic carbocycles. The fourth-order valence-electron chi connectivity index (χ4n) is 2.61. The molecule has 0 spiro atoms. The summed E-state index contributed by atoms with van der Waals surface area (Å²) in [6, 6.07) is 1.39. The van der Waals surface area contributed by atoms with E-state index in [0.717, 1.165) is 6.07 Å². The number of rotatable bonds is 7. The molecule has 148 valence electrons. The highest BCUT2D eigenvalue weighted by Crippen LogP contribution is 2.26. The Kier molecular flexibility index (Phi) is 5.64.